The van der Waals surface area contributed by atoms with E-state index in [1.807, 2.05) is 14.0 Å². The topological polar surface area (TPSA) is 70.7 Å². The molecule has 0 fully saturated rings. The summed E-state index contributed by atoms with van der Waals surface area (Å²) in [7, 11) is 1.86. The molecule has 3 rings (SSSR count). The third kappa shape index (κ3) is 3.06. The molecule has 118 valence electrons. The number of nitriles is 1. The standard InChI is InChI=1S/C17H18N4OS/c1-11-12(10-19-21(11)2)7-8-16(22)20-17-14(9-18)13-5-3-4-6-15(13)23-17/h7-8,10H,3-6H2,1-2H3,(H,20,22)/b8-7-. The Morgan fingerprint density at radius 1 is 1.48 bits per heavy atom. The van der Waals surface area contributed by atoms with Crippen molar-refractivity contribution in [2.24, 2.45) is 7.05 Å². The van der Waals surface area contributed by atoms with Crippen LogP contribution in [-0.4, -0.2) is 15.7 Å². The summed E-state index contributed by atoms with van der Waals surface area (Å²) in [6.45, 7) is 1.95. The highest BCUT2D eigenvalue weighted by Crippen LogP contribution is 2.37. The Morgan fingerprint density at radius 2 is 2.26 bits per heavy atom. The molecule has 0 bridgehead atoms. The summed E-state index contributed by atoms with van der Waals surface area (Å²) in [5.41, 5.74) is 3.68. The highest BCUT2D eigenvalue weighted by atomic mass is 32.1. The summed E-state index contributed by atoms with van der Waals surface area (Å²) in [5.74, 6) is -0.219. The number of carbonyl (C=O) groups is 1. The zero-order valence-corrected chi connectivity index (χ0v) is 14.0. The lowest BCUT2D eigenvalue weighted by Crippen LogP contribution is -2.08. The van der Waals surface area contributed by atoms with E-state index in [0.717, 1.165) is 42.5 Å². The molecule has 0 atom stereocenters. The molecule has 1 aliphatic carbocycles. The van der Waals surface area contributed by atoms with E-state index in [0.29, 0.717) is 10.6 Å². The number of thiophene rings is 1. The van der Waals surface area contributed by atoms with Crippen molar-refractivity contribution in [1.82, 2.24) is 9.78 Å². The summed E-state index contributed by atoms with van der Waals surface area (Å²) >= 11 is 1.54. The van der Waals surface area contributed by atoms with Gasteiger partial charge in [-0.05, 0) is 44.2 Å². The summed E-state index contributed by atoms with van der Waals surface area (Å²) in [6.07, 6.45) is 9.19. The van der Waals surface area contributed by atoms with Gasteiger partial charge in [0.15, 0.2) is 0 Å². The fourth-order valence-electron chi connectivity index (χ4n) is 2.77. The van der Waals surface area contributed by atoms with E-state index in [4.69, 9.17) is 0 Å². The van der Waals surface area contributed by atoms with Crippen LogP contribution in [0.25, 0.3) is 6.08 Å². The van der Waals surface area contributed by atoms with Crippen LogP contribution in [0.15, 0.2) is 12.3 Å². The number of hydrogen-bond acceptors (Lipinski definition) is 4. The highest BCUT2D eigenvalue weighted by Gasteiger charge is 2.21. The maximum absolute atomic E-state index is 12.2. The van der Waals surface area contributed by atoms with Gasteiger partial charge in [0.1, 0.15) is 11.1 Å². The van der Waals surface area contributed by atoms with Crippen LogP contribution < -0.4 is 5.32 Å². The molecule has 0 unspecified atom stereocenters. The first-order valence-electron chi connectivity index (χ1n) is 7.62. The Labute approximate surface area is 139 Å². The minimum absolute atomic E-state index is 0.219. The molecule has 0 radical (unpaired) electrons. The molecule has 1 aliphatic rings. The van der Waals surface area contributed by atoms with E-state index < -0.39 is 0 Å². The van der Waals surface area contributed by atoms with Crippen molar-refractivity contribution in [1.29, 1.82) is 5.26 Å². The van der Waals surface area contributed by atoms with Gasteiger partial charge in [-0.2, -0.15) is 10.4 Å². The molecule has 5 nitrogen and oxygen atoms in total. The molecule has 0 spiro atoms. The van der Waals surface area contributed by atoms with Crippen molar-refractivity contribution in [3.05, 3.63) is 39.5 Å². The minimum atomic E-state index is -0.219. The molecule has 0 saturated carbocycles. The molecule has 1 N–H and O–H groups in total. The molecular formula is C17H18N4OS. The molecule has 23 heavy (non-hydrogen) atoms. The van der Waals surface area contributed by atoms with Gasteiger partial charge in [0.25, 0.3) is 0 Å². The van der Waals surface area contributed by atoms with Crippen molar-refractivity contribution in [3.8, 4) is 6.07 Å². The zero-order chi connectivity index (χ0) is 16.4. The van der Waals surface area contributed by atoms with Crippen molar-refractivity contribution in [3.63, 3.8) is 0 Å². The fourth-order valence-corrected chi connectivity index (χ4v) is 4.01. The normalized spacial score (nSPS) is 13.8. The van der Waals surface area contributed by atoms with E-state index in [-0.39, 0.29) is 5.91 Å². The highest BCUT2D eigenvalue weighted by molar-refractivity contribution is 7.16. The number of rotatable bonds is 3. The number of aryl methyl sites for hydroxylation is 2. The number of anilines is 1. The van der Waals surface area contributed by atoms with Crippen LogP contribution in [0, 0.1) is 18.3 Å². The monoisotopic (exact) mass is 326 g/mol. The van der Waals surface area contributed by atoms with E-state index in [1.165, 1.54) is 22.3 Å². The second-order valence-electron chi connectivity index (χ2n) is 5.66. The van der Waals surface area contributed by atoms with Crippen LogP contribution in [0.3, 0.4) is 0 Å². The largest absolute Gasteiger partial charge is 0.313 e. The fraction of sp³-hybridized carbons (Fsp3) is 0.353. The quantitative estimate of drug-likeness (QED) is 0.881. The third-order valence-corrected chi connectivity index (χ3v) is 5.41. The van der Waals surface area contributed by atoms with Gasteiger partial charge in [-0.25, -0.2) is 0 Å². The zero-order valence-electron chi connectivity index (χ0n) is 13.2. The van der Waals surface area contributed by atoms with Gasteiger partial charge in [0, 0.05) is 29.3 Å². The lowest BCUT2D eigenvalue weighted by molar-refractivity contribution is -0.111. The summed E-state index contributed by atoms with van der Waals surface area (Å²) in [6, 6.07) is 2.25. The minimum Gasteiger partial charge on any atom is -0.313 e. The van der Waals surface area contributed by atoms with E-state index in [2.05, 4.69) is 16.5 Å². The molecule has 0 aliphatic heterocycles. The van der Waals surface area contributed by atoms with Crippen molar-refractivity contribution >= 4 is 28.3 Å². The number of nitrogens with zero attached hydrogens (tertiary/aromatic N) is 3. The molecule has 1 amide bonds. The SMILES string of the molecule is Cc1c(/C=C\C(=O)Nc2sc3c(c2C#N)CCCC3)cnn1C. The lowest BCUT2D eigenvalue weighted by Gasteiger charge is -2.09. The van der Waals surface area contributed by atoms with Crippen molar-refractivity contribution < 1.29 is 4.79 Å². The number of amides is 1. The number of aromatic nitrogens is 2. The van der Waals surface area contributed by atoms with Gasteiger partial charge in [0.2, 0.25) is 5.91 Å². The second-order valence-corrected chi connectivity index (χ2v) is 6.76. The van der Waals surface area contributed by atoms with E-state index >= 15 is 0 Å². The van der Waals surface area contributed by atoms with Crippen LogP contribution in [0.2, 0.25) is 0 Å². The van der Waals surface area contributed by atoms with Gasteiger partial charge >= 0.3 is 0 Å². The first-order chi connectivity index (χ1) is 11.1. The Morgan fingerprint density at radius 3 is 2.96 bits per heavy atom. The number of carbonyl (C=O) groups excluding carboxylic acids is 1. The summed E-state index contributed by atoms with van der Waals surface area (Å²) in [5, 5.41) is 17.1. The van der Waals surface area contributed by atoms with Gasteiger partial charge < -0.3 is 5.32 Å². The number of nitrogens with one attached hydrogen (secondary N) is 1. The van der Waals surface area contributed by atoms with E-state index in [1.54, 1.807) is 17.0 Å². The number of hydrogen-bond donors (Lipinski definition) is 1. The van der Waals surface area contributed by atoms with E-state index in [9.17, 15) is 10.1 Å². The van der Waals surface area contributed by atoms with Crippen LogP contribution in [0.1, 0.15) is 40.1 Å². The van der Waals surface area contributed by atoms with Gasteiger partial charge in [0.05, 0.1) is 11.8 Å². The summed E-state index contributed by atoms with van der Waals surface area (Å²) in [4.78, 5) is 13.4. The predicted octanol–water partition coefficient (Wildman–Crippen LogP) is 3.19. The Bertz CT molecular complexity index is 822. The summed E-state index contributed by atoms with van der Waals surface area (Å²) < 4.78 is 1.76. The van der Waals surface area contributed by atoms with Crippen LogP contribution >= 0.6 is 11.3 Å². The molecule has 2 aromatic rings. The Kier molecular flexibility index (Phi) is 4.30. The maximum atomic E-state index is 12.2. The first-order valence-corrected chi connectivity index (χ1v) is 8.44. The van der Waals surface area contributed by atoms with Gasteiger partial charge in [-0.3, -0.25) is 9.48 Å². The maximum Gasteiger partial charge on any atom is 0.249 e. The van der Waals surface area contributed by atoms with Crippen LogP contribution in [0.4, 0.5) is 5.00 Å². The Balaban J connectivity index is 1.77. The molecule has 6 heteroatoms. The first kappa shape index (κ1) is 15.5. The average Bonchev–Trinajstić information content (AvgIpc) is 3.06. The van der Waals surface area contributed by atoms with Crippen LogP contribution in [-0.2, 0) is 24.7 Å². The second kappa shape index (κ2) is 6.39. The smallest absolute Gasteiger partial charge is 0.249 e. The number of fused-ring (bicyclic) bond motifs is 1. The van der Waals surface area contributed by atoms with Gasteiger partial charge in [-0.1, -0.05) is 0 Å². The van der Waals surface area contributed by atoms with Crippen LogP contribution in [0.5, 0.6) is 0 Å². The van der Waals surface area contributed by atoms with Crippen molar-refractivity contribution in [2.75, 3.05) is 5.32 Å². The third-order valence-electron chi connectivity index (χ3n) is 4.21. The average molecular weight is 326 g/mol. The predicted molar refractivity (Wildman–Crippen MR) is 91.3 cm³/mol. The lowest BCUT2D eigenvalue weighted by atomic mass is 9.96. The molecule has 0 saturated heterocycles. The Hall–Kier alpha value is -2.39. The molecule has 0 aromatic carbocycles. The molecule has 2 heterocycles. The molecular weight excluding hydrogens is 308 g/mol. The molecule has 2 aromatic heterocycles. The van der Waals surface area contributed by atoms with Crippen molar-refractivity contribution in [2.45, 2.75) is 32.6 Å². The van der Waals surface area contributed by atoms with Gasteiger partial charge in [-0.15, -0.1) is 11.3 Å².